The third-order valence-electron chi connectivity index (χ3n) is 4.30. The van der Waals surface area contributed by atoms with Crippen molar-refractivity contribution in [3.8, 4) is 11.5 Å². The molecule has 0 aliphatic rings. The molecule has 0 amide bonds. The van der Waals surface area contributed by atoms with E-state index < -0.39 is 5.97 Å². The normalized spacial score (nSPS) is 10.3. The highest BCUT2D eigenvalue weighted by Crippen LogP contribution is 2.22. The van der Waals surface area contributed by atoms with E-state index in [4.69, 9.17) is 14.2 Å². The molecular weight excluding hydrogens is 448 g/mol. The van der Waals surface area contributed by atoms with Crippen LogP contribution in [0.3, 0.4) is 0 Å². The second kappa shape index (κ2) is 12.9. The number of para-hydroxylation sites is 1. The van der Waals surface area contributed by atoms with Gasteiger partial charge in [-0.2, -0.15) is 0 Å². The minimum absolute atomic E-state index is 0.335. The standard InChI is InChI=1S/C24H27BrO5/c1-18(2)23(26)29-16-8-4-3-7-15-28-21-13-11-19(12-14-21)24(27)30-22-10-6-5-9-20(22)17-25/h5-6,9-14H,1,3-4,7-8,15-17H2,2H3. The van der Waals surface area contributed by atoms with Gasteiger partial charge in [-0.05, 0) is 62.9 Å². The number of hydrogen-bond donors (Lipinski definition) is 0. The molecule has 2 aromatic rings. The summed E-state index contributed by atoms with van der Waals surface area (Å²) in [5, 5.41) is 0.614. The minimum atomic E-state index is -0.401. The van der Waals surface area contributed by atoms with Crippen LogP contribution in [0.15, 0.2) is 60.7 Å². The molecule has 0 atom stereocenters. The number of unbranched alkanes of at least 4 members (excludes halogenated alkanes) is 3. The van der Waals surface area contributed by atoms with E-state index in [1.165, 1.54) is 0 Å². The molecule has 5 nitrogen and oxygen atoms in total. The first-order chi connectivity index (χ1) is 14.5. The van der Waals surface area contributed by atoms with Crippen LogP contribution in [0.25, 0.3) is 0 Å². The zero-order valence-corrected chi connectivity index (χ0v) is 18.8. The highest BCUT2D eigenvalue weighted by atomic mass is 79.9. The lowest BCUT2D eigenvalue weighted by Crippen LogP contribution is -2.09. The maximum Gasteiger partial charge on any atom is 0.343 e. The number of rotatable bonds is 12. The molecule has 0 aliphatic carbocycles. The quantitative estimate of drug-likeness (QED) is 0.127. The number of hydrogen-bond acceptors (Lipinski definition) is 5. The van der Waals surface area contributed by atoms with Crippen LogP contribution in [0.4, 0.5) is 0 Å². The van der Waals surface area contributed by atoms with Crippen LogP contribution in [0.2, 0.25) is 0 Å². The predicted molar refractivity (Wildman–Crippen MR) is 120 cm³/mol. The molecule has 2 rings (SSSR count). The smallest absolute Gasteiger partial charge is 0.343 e. The zero-order chi connectivity index (χ0) is 21.8. The van der Waals surface area contributed by atoms with Gasteiger partial charge in [0.25, 0.3) is 0 Å². The highest BCUT2D eigenvalue weighted by Gasteiger charge is 2.11. The Labute approximate surface area is 186 Å². The molecule has 30 heavy (non-hydrogen) atoms. The van der Waals surface area contributed by atoms with Gasteiger partial charge in [0.05, 0.1) is 18.8 Å². The monoisotopic (exact) mass is 474 g/mol. The van der Waals surface area contributed by atoms with Gasteiger partial charge in [0.2, 0.25) is 0 Å². The van der Waals surface area contributed by atoms with Crippen molar-refractivity contribution in [3.63, 3.8) is 0 Å². The van der Waals surface area contributed by atoms with Gasteiger partial charge in [-0.15, -0.1) is 0 Å². The summed E-state index contributed by atoms with van der Waals surface area (Å²) in [6.45, 7) is 6.20. The Morgan fingerprint density at radius 1 is 0.933 bits per heavy atom. The van der Waals surface area contributed by atoms with Crippen molar-refractivity contribution in [1.29, 1.82) is 0 Å². The van der Waals surface area contributed by atoms with E-state index in [1.807, 2.05) is 18.2 Å². The Hall–Kier alpha value is -2.60. The molecule has 0 unspecified atom stereocenters. The third kappa shape index (κ3) is 8.03. The lowest BCUT2D eigenvalue weighted by atomic mass is 10.2. The maximum absolute atomic E-state index is 12.3. The number of benzene rings is 2. The Bertz CT molecular complexity index is 845. The summed E-state index contributed by atoms with van der Waals surface area (Å²) in [5.74, 6) is 0.525. The van der Waals surface area contributed by atoms with Crippen molar-refractivity contribution in [2.45, 2.75) is 37.9 Å². The second-order valence-corrected chi connectivity index (χ2v) is 7.39. The molecular formula is C24H27BrO5. The zero-order valence-electron chi connectivity index (χ0n) is 17.2. The molecule has 0 saturated carbocycles. The minimum Gasteiger partial charge on any atom is -0.494 e. The van der Waals surface area contributed by atoms with E-state index >= 15 is 0 Å². The molecule has 0 fully saturated rings. The van der Waals surface area contributed by atoms with Crippen LogP contribution < -0.4 is 9.47 Å². The predicted octanol–water partition coefficient (Wildman–Crippen LogP) is 5.86. The van der Waals surface area contributed by atoms with Crippen molar-refractivity contribution < 1.29 is 23.8 Å². The molecule has 0 spiro atoms. The molecule has 0 radical (unpaired) electrons. The largest absolute Gasteiger partial charge is 0.494 e. The van der Waals surface area contributed by atoms with Gasteiger partial charge < -0.3 is 14.2 Å². The van der Waals surface area contributed by atoms with E-state index in [0.29, 0.717) is 41.2 Å². The summed E-state index contributed by atoms with van der Waals surface area (Å²) in [4.78, 5) is 23.6. The summed E-state index contributed by atoms with van der Waals surface area (Å²) in [6.07, 6.45) is 3.69. The van der Waals surface area contributed by atoms with Crippen molar-refractivity contribution in [2.75, 3.05) is 13.2 Å². The first-order valence-electron chi connectivity index (χ1n) is 9.93. The summed E-state index contributed by atoms with van der Waals surface area (Å²) in [6, 6.07) is 14.3. The van der Waals surface area contributed by atoms with Gasteiger partial charge in [0.15, 0.2) is 0 Å². The van der Waals surface area contributed by atoms with E-state index in [2.05, 4.69) is 22.5 Å². The molecule has 0 bridgehead atoms. The van der Waals surface area contributed by atoms with Crippen LogP contribution >= 0.6 is 15.9 Å². The van der Waals surface area contributed by atoms with Crippen molar-refractivity contribution in [1.82, 2.24) is 0 Å². The average molecular weight is 475 g/mol. The lowest BCUT2D eigenvalue weighted by Gasteiger charge is -2.09. The Morgan fingerprint density at radius 3 is 2.27 bits per heavy atom. The molecule has 160 valence electrons. The van der Waals surface area contributed by atoms with Gasteiger partial charge in [0.1, 0.15) is 11.5 Å². The number of alkyl halides is 1. The highest BCUT2D eigenvalue weighted by molar-refractivity contribution is 9.08. The topological polar surface area (TPSA) is 61.8 Å². The molecule has 0 aromatic heterocycles. The van der Waals surface area contributed by atoms with Crippen molar-refractivity contribution in [3.05, 3.63) is 71.8 Å². The number of esters is 2. The molecule has 6 heteroatoms. The molecule has 0 saturated heterocycles. The Balaban J connectivity index is 1.66. The summed E-state index contributed by atoms with van der Waals surface area (Å²) in [5.41, 5.74) is 1.81. The van der Waals surface area contributed by atoms with Crippen LogP contribution in [-0.2, 0) is 14.9 Å². The van der Waals surface area contributed by atoms with E-state index in [1.54, 1.807) is 37.3 Å². The van der Waals surface area contributed by atoms with E-state index in [0.717, 1.165) is 31.2 Å². The molecule has 2 aromatic carbocycles. The number of halogens is 1. The van der Waals surface area contributed by atoms with Gasteiger partial charge in [-0.25, -0.2) is 9.59 Å². The fraction of sp³-hybridized carbons (Fsp3) is 0.333. The van der Waals surface area contributed by atoms with Gasteiger partial charge in [-0.3, -0.25) is 0 Å². The Kier molecular flexibility index (Phi) is 10.1. The van der Waals surface area contributed by atoms with Gasteiger partial charge in [0, 0.05) is 16.5 Å². The Morgan fingerprint density at radius 2 is 1.60 bits per heavy atom. The van der Waals surface area contributed by atoms with Crippen molar-refractivity contribution in [2.24, 2.45) is 0 Å². The van der Waals surface area contributed by atoms with Crippen LogP contribution in [0, 0.1) is 0 Å². The van der Waals surface area contributed by atoms with Crippen LogP contribution in [-0.4, -0.2) is 25.2 Å². The summed E-state index contributed by atoms with van der Waals surface area (Å²) >= 11 is 3.39. The average Bonchev–Trinajstić information content (AvgIpc) is 2.76. The third-order valence-corrected chi connectivity index (χ3v) is 4.90. The lowest BCUT2D eigenvalue weighted by molar-refractivity contribution is -0.139. The van der Waals surface area contributed by atoms with Crippen LogP contribution in [0.5, 0.6) is 11.5 Å². The van der Waals surface area contributed by atoms with Gasteiger partial charge >= 0.3 is 11.9 Å². The van der Waals surface area contributed by atoms with Crippen molar-refractivity contribution >= 4 is 27.9 Å². The van der Waals surface area contributed by atoms with E-state index in [9.17, 15) is 9.59 Å². The number of ether oxygens (including phenoxy) is 3. The first-order valence-corrected chi connectivity index (χ1v) is 11.0. The van der Waals surface area contributed by atoms with Gasteiger partial charge in [-0.1, -0.05) is 40.7 Å². The molecule has 0 aliphatic heterocycles. The SMILES string of the molecule is C=C(C)C(=O)OCCCCCCOc1ccc(C(=O)Oc2ccccc2CBr)cc1. The number of carbonyl (C=O) groups excluding carboxylic acids is 2. The fourth-order valence-electron chi connectivity index (χ4n) is 2.60. The first kappa shape index (κ1) is 23.7. The number of carbonyl (C=O) groups is 2. The fourth-order valence-corrected chi connectivity index (χ4v) is 3.06. The van der Waals surface area contributed by atoms with E-state index in [-0.39, 0.29) is 5.97 Å². The maximum atomic E-state index is 12.3. The summed E-state index contributed by atoms with van der Waals surface area (Å²) < 4.78 is 16.3. The molecule has 0 N–H and O–H groups in total. The molecule has 0 heterocycles. The second-order valence-electron chi connectivity index (χ2n) is 6.83. The summed E-state index contributed by atoms with van der Waals surface area (Å²) in [7, 11) is 0. The van der Waals surface area contributed by atoms with Crippen LogP contribution in [0.1, 0.15) is 48.5 Å².